The molecule has 0 saturated heterocycles. The molecule has 4 aliphatic rings. The van der Waals surface area contributed by atoms with Crippen LogP contribution in [0.2, 0.25) is 0 Å². The number of aryl methyl sites for hydroxylation is 8. The molecule has 12 heterocycles. The van der Waals surface area contributed by atoms with Crippen molar-refractivity contribution in [3.05, 3.63) is 448 Å². The molecular weight excluding hydrogens is 2270 g/mol. The van der Waals surface area contributed by atoms with Crippen molar-refractivity contribution < 1.29 is 60.3 Å². The van der Waals surface area contributed by atoms with E-state index < -0.39 is 0 Å². The Hall–Kier alpha value is -15.0. The Morgan fingerprint density at radius 2 is 0.716 bits per heavy atom. The molecular formula is C119H101Ir3N19-4. The number of imidazole rings is 2. The smallest absolute Gasteiger partial charge is 0.501 e. The van der Waals surface area contributed by atoms with Crippen molar-refractivity contribution in [1.29, 1.82) is 0 Å². The van der Waals surface area contributed by atoms with Gasteiger partial charge < -0.3 is 48.0 Å². The number of fused-ring (bicyclic) bond motifs is 16. The van der Waals surface area contributed by atoms with E-state index in [0.717, 1.165) is 131 Å². The maximum Gasteiger partial charge on any atom is 3.00 e. The summed E-state index contributed by atoms with van der Waals surface area (Å²) in [4.78, 5) is 58.2. The number of pyridine rings is 3. The summed E-state index contributed by atoms with van der Waals surface area (Å²) in [5, 5.41) is 7.05. The molecule has 0 saturated carbocycles. The predicted octanol–water partition coefficient (Wildman–Crippen LogP) is 27.7. The largest absolute Gasteiger partial charge is 3.00 e. The van der Waals surface area contributed by atoms with Crippen molar-refractivity contribution >= 4 is 129 Å². The molecule has 703 valence electrons. The van der Waals surface area contributed by atoms with E-state index in [4.69, 9.17) is 19.9 Å². The van der Waals surface area contributed by atoms with E-state index in [0.29, 0.717) is 6.04 Å². The normalized spacial score (nSPS) is 12.4. The van der Waals surface area contributed by atoms with Crippen LogP contribution in [-0.4, -0.2) is 73.8 Å². The maximum absolute atomic E-state index is 4.81. The minimum Gasteiger partial charge on any atom is -0.501 e. The van der Waals surface area contributed by atoms with Crippen LogP contribution in [0.25, 0.3) is 99.9 Å². The Kier molecular flexibility index (Phi) is 30.6. The van der Waals surface area contributed by atoms with Crippen LogP contribution in [-0.2, 0) is 60.3 Å². The average Bonchev–Trinajstić information content (AvgIpc) is 1.60. The van der Waals surface area contributed by atoms with E-state index in [2.05, 4.69) is 288 Å². The number of aromatic nitrogens is 11. The van der Waals surface area contributed by atoms with E-state index in [1.54, 1.807) is 12.4 Å². The van der Waals surface area contributed by atoms with Crippen LogP contribution < -0.4 is 39.2 Å². The monoisotopic (exact) mass is 2370 g/mol. The van der Waals surface area contributed by atoms with Crippen LogP contribution in [0.15, 0.2) is 341 Å². The molecule has 0 N–H and O–H groups in total. The van der Waals surface area contributed by atoms with Crippen molar-refractivity contribution in [2.75, 3.05) is 53.3 Å². The van der Waals surface area contributed by atoms with Crippen LogP contribution in [0.4, 0.5) is 74.6 Å². The maximum atomic E-state index is 4.81. The van der Waals surface area contributed by atoms with Crippen LogP contribution in [0.1, 0.15) is 65.8 Å². The van der Waals surface area contributed by atoms with Gasteiger partial charge in [-0.3, -0.25) is 9.97 Å². The number of anilines is 13. The summed E-state index contributed by atoms with van der Waals surface area (Å²) in [5.74, 6) is 5.87. The van der Waals surface area contributed by atoms with Gasteiger partial charge in [0.1, 0.15) is 29.1 Å². The van der Waals surface area contributed by atoms with Crippen molar-refractivity contribution in [2.24, 2.45) is 0 Å². The molecule has 1 radical (unpaired) electrons. The summed E-state index contributed by atoms with van der Waals surface area (Å²) in [6, 6.07) is 121. The van der Waals surface area contributed by atoms with Gasteiger partial charge in [-0.15, -0.1) is 95.4 Å². The molecule has 8 aromatic heterocycles. The summed E-state index contributed by atoms with van der Waals surface area (Å²) < 4.78 is 4.59. The Morgan fingerprint density at radius 1 is 0.305 bits per heavy atom. The Balaban J connectivity index is 0.000000122. The van der Waals surface area contributed by atoms with Gasteiger partial charge in [-0.25, -0.2) is 34.9 Å². The summed E-state index contributed by atoms with van der Waals surface area (Å²) in [7, 11) is 4.00. The van der Waals surface area contributed by atoms with Crippen molar-refractivity contribution in [3.8, 4) is 45.3 Å². The molecule has 19 nitrogen and oxygen atoms in total. The minimum atomic E-state index is 0. The minimum absolute atomic E-state index is 0. The number of para-hydroxylation sites is 5. The molecule has 21 aromatic rings. The van der Waals surface area contributed by atoms with Gasteiger partial charge in [-0.1, -0.05) is 157 Å². The zero-order chi connectivity index (χ0) is 93.9. The molecule has 0 fully saturated rings. The molecule has 13 aromatic carbocycles. The zero-order valence-corrected chi connectivity index (χ0v) is 86.4. The van der Waals surface area contributed by atoms with Crippen LogP contribution >= 0.6 is 0 Å². The third kappa shape index (κ3) is 19.8. The standard InChI is InChI=1S/2C24H19N2.2C19H16N4.C17H12N4.C15H15N3.CH4.3Ir/c2*1-15-11-12-21-20(13-15)18-9-4-5-10-19(18)24-25-14-22(26(21)24)23-16(2)7-6-8-17(23)3;1-14-8-6-7-11-16(14)18-20-12-17-19(21-18)22(2)13-23(17)15-9-4-3-5-10-15;1-14-8-6-7-11-16(14)18-20-12-17-19(21-18)23(13-22(17)2)15-9-4-3-5-10-15;1-3-7-14(8-4-1)20-13-21(15-9-5-2-6-10-15)17-16(20)18-11-12-19-17;1-12(2)17-11-18(13-7-4-3-5-8-13)15-14(17)9-6-10-16-15;;;;/h2*4-9,11-14H,1-3H3;2*3-9,11-13H,1-2H3;1-9,11-13H;3-7,9-12H,1-2H3;1H4;;;/q2*-1;4*-2;;;2*+3. The molecule has 0 spiro atoms. The fraction of sp³-hybridized carbons (Fsp3) is 0.118. The molecule has 25 rings (SSSR count). The number of rotatable bonds is 10. The Labute approximate surface area is 865 Å². The van der Waals surface area contributed by atoms with Gasteiger partial charge >= 0.3 is 40.2 Å². The molecule has 0 atom stereocenters. The fourth-order valence-corrected chi connectivity index (χ4v) is 18.2. The molecule has 0 amide bonds. The van der Waals surface area contributed by atoms with Gasteiger partial charge in [-0.2, -0.15) is 135 Å². The quantitative estimate of drug-likeness (QED) is 0.0942. The summed E-state index contributed by atoms with van der Waals surface area (Å²) in [5.41, 5.74) is 29.2. The van der Waals surface area contributed by atoms with E-state index >= 15 is 0 Å². The topological polar surface area (TPSA) is 151 Å². The number of hydrogen-bond donors (Lipinski definition) is 0. The van der Waals surface area contributed by atoms with Gasteiger partial charge in [0.05, 0.1) is 46.5 Å². The van der Waals surface area contributed by atoms with E-state index in [1.807, 2.05) is 259 Å². The fourth-order valence-electron chi connectivity index (χ4n) is 18.2. The summed E-state index contributed by atoms with van der Waals surface area (Å²) >= 11 is 0. The molecule has 0 bridgehead atoms. The Morgan fingerprint density at radius 3 is 1.19 bits per heavy atom. The first-order valence-corrected chi connectivity index (χ1v) is 45.7. The van der Waals surface area contributed by atoms with E-state index in [1.165, 1.54) is 88.2 Å². The van der Waals surface area contributed by atoms with Crippen LogP contribution in [0.3, 0.4) is 0 Å². The number of hydrogen-bond acceptors (Lipinski definition) is 17. The first-order chi connectivity index (χ1) is 67.0. The van der Waals surface area contributed by atoms with Gasteiger partial charge in [0.2, 0.25) is 0 Å². The Bertz CT molecular complexity index is 7680. The molecule has 4 aliphatic heterocycles. The van der Waals surface area contributed by atoms with Crippen LogP contribution in [0.5, 0.6) is 0 Å². The van der Waals surface area contributed by atoms with Crippen molar-refractivity contribution in [3.63, 3.8) is 0 Å². The van der Waals surface area contributed by atoms with Gasteiger partial charge in [0.15, 0.2) is 11.6 Å². The molecule has 0 aliphatic carbocycles. The second-order valence-electron chi connectivity index (χ2n) is 34.4. The molecule has 0 unspecified atom stereocenters. The number of nitrogens with zero attached hydrogens (tertiary/aromatic N) is 19. The van der Waals surface area contributed by atoms with Crippen molar-refractivity contribution in [1.82, 2.24) is 53.7 Å². The van der Waals surface area contributed by atoms with Crippen molar-refractivity contribution in [2.45, 2.75) is 82.7 Å². The number of benzene rings is 13. The third-order valence-corrected chi connectivity index (χ3v) is 24.8. The van der Waals surface area contributed by atoms with E-state index in [-0.39, 0.29) is 67.7 Å². The first-order valence-electron chi connectivity index (χ1n) is 45.7. The zero-order valence-electron chi connectivity index (χ0n) is 79.2. The van der Waals surface area contributed by atoms with Gasteiger partial charge in [0.25, 0.3) is 0 Å². The summed E-state index contributed by atoms with van der Waals surface area (Å²) in [6.45, 7) is 29.5. The SMILES string of the molecule is C.CC(C)N1[CH-]N(c2[c-]cccc2)c2ncccc21.Cc1ccc2c(c1)c1ccc[c-]c1c1ncc(-c3c(C)cccc3C)n21.Cc1ccc2c(c1)c1ccc[c-]c1c1ncc(-c3c(C)cccc3C)n21.Cc1ccccc1-c1ncc2c(n1)N(C)[CH-]N2c1[c-]cccc1.Cc1ccccc1-c1ncc2c(n1)N(c1[c-]cccc1)[CH-]N2C.[Ir+3].[Ir+3].[Ir].[c-]1ccccc1N1[CH-]N(c2ccccc2)c2nccnc21. The average molecular weight is 2370 g/mol. The first kappa shape index (κ1) is 99.0. The second-order valence-corrected chi connectivity index (χ2v) is 34.4. The van der Waals surface area contributed by atoms with E-state index in [9.17, 15) is 0 Å². The third-order valence-electron chi connectivity index (χ3n) is 24.8. The predicted molar refractivity (Wildman–Crippen MR) is 565 cm³/mol. The van der Waals surface area contributed by atoms with Gasteiger partial charge in [-0.05, 0) is 170 Å². The van der Waals surface area contributed by atoms with Crippen LogP contribution in [0, 0.1) is 118 Å². The van der Waals surface area contributed by atoms with Gasteiger partial charge in [0, 0.05) is 95.8 Å². The molecule has 22 heteroatoms. The summed E-state index contributed by atoms with van der Waals surface area (Å²) in [6.07, 6.45) is 13.0. The molecule has 141 heavy (non-hydrogen) atoms. The second kappa shape index (κ2) is 43.6.